The third-order valence-electron chi connectivity index (χ3n) is 4.42. The molecule has 3 aromatic rings. The third-order valence-corrected chi connectivity index (χ3v) is 4.65. The lowest BCUT2D eigenvalue weighted by Crippen LogP contribution is -2.16. The first kappa shape index (κ1) is 18.3. The maximum atomic E-state index is 11.9. The van der Waals surface area contributed by atoms with Crippen LogP contribution < -0.4 is 10.1 Å². The molecule has 0 spiro atoms. The highest BCUT2D eigenvalue weighted by atomic mass is 35.5. The molecule has 5 nitrogen and oxygen atoms in total. The molecular formula is C20H21ClN2O3. The maximum Gasteiger partial charge on any atom is 0.352 e. The van der Waals surface area contributed by atoms with E-state index in [1.165, 1.54) is 0 Å². The van der Waals surface area contributed by atoms with Crippen LogP contribution in [0.25, 0.3) is 10.9 Å². The van der Waals surface area contributed by atoms with Gasteiger partial charge in [0.2, 0.25) is 0 Å². The number of aromatic nitrogens is 1. The summed E-state index contributed by atoms with van der Waals surface area (Å²) in [5.41, 5.74) is 3.01. The van der Waals surface area contributed by atoms with Crippen LogP contribution in [-0.2, 0) is 19.6 Å². The molecule has 1 heterocycles. The van der Waals surface area contributed by atoms with Gasteiger partial charge in [0.15, 0.2) is 0 Å². The lowest BCUT2D eigenvalue weighted by atomic mass is 10.1. The zero-order valence-corrected chi connectivity index (χ0v) is 15.5. The number of aromatic carboxylic acids is 1. The van der Waals surface area contributed by atoms with Gasteiger partial charge in [-0.15, -0.1) is 0 Å². The number of hydrogen-bond acceptors (Lipinski definition) is 3. The molecule has 0 unspecified atom stereocenters. The smallest absolute Gasteiger partial charge is 0.352 e. The molecule has 2 aromatic carbocycles. The second-order valence-corrected chi connectivity index (χ2v) is 6.43. The van der Waals surface area contributed by atoms with Gasteiger partial charge in [0.05, 0.1) is 12.6 Å². The average Bonchev–Trinajstić information content (AvgIpc) is 2.94. The van der Waals surface area contributed by atoms with Gasteiger partial charge in [0, 0.05) is 41.7 Å². The van der Waals surface area contributed by atoms with Gasteiger partial charge in [-0.2, -0.15) is 0 Å². The van der Waals surface area contributed by atoms with Gasteiger partial charge < -0.3 is 19.7 Å². The zero-order valence-electron chi connectivity index (χ0n) is 14.8. The molecule has 0 saturated carbocycles. The summed E-state index contributed by atoms with van der Waals surface area (Å²) < 4.78 is 7.11. The second-order valence-electron chi connectivity index (χ2n) is 5.99. The van der Waals surface area contributed by atoms with Crippen LogP contribution in [0.2, 0.25) is 5.02 Å². The Kier molecular flexibility index (Phi) is 5.49. The van der Waals surface area contributed by atoms with E-state index < -0.39 is 5.97 Å². The summed E-state index contributed by atoms with van der Waals surface area (Å²) in [6.07, 6.45) is 0. The summed E-state index contributed by atoms with van der Waals surface area (Å²) in [4.78, 5) is 11.9. The lowest BCUT2D eigenvalue weighted by Gasteiger charge is -2.08. The van der Waals surface area contributed by atoms with Gasteiger partial charge in [0.1, 0.15) is 11.4 Å². The number of rotatable bonds is 7. The Morgan fingerprint density at radius 1 is 1.23 bits per heavy atom. The van der Waals surface area contributed by atoms with E-state index in [9.17, 15) is 9.90 Å². The van der Waals surface area contributed by atoms with E-state index in [2.05, 4.69) is 5.32 Å². The van der Waals surface area contributed by atoms with Crippen LogP contribution in [0.5, 0.6) is 5.75 Å². The summed E-state index contributed by atoms with van der Waals surface area (Å²) in [6.45, 7) is 3.56. The number of nitrogens with one attached hydrogen (secondary N) is 1. The van der Waals surface area contributed by atoms with Crippen molar-refractivity contribution in [2.24, 2.45) is 0 Å². The monoisotopic (exact) mass is 372 g/mol. The molecule has 26 heavy (non-hydrogen) atoms. The first-order valence-electron chi connectivity index (χ1n) is 8.42. The van der Waals surface area contributed by atoms with E-state index in [1.54, 1.807) is 7.11 Å². The normalized spacial score (nSPS) is 11.0. The molecule has 6 heteroatoms. The van der Waals surface area contributed by atoms with Crippen LogP contribution in [-0.4, -0.2) is 22.8 Å². The minimum Gasteiger partial charge on any atom is -0.497 e. The molecule has 1 aromatic heterocycles. The van der Waals surface area contributed by atoms with Crippen molar-refractivity contribution in [3.05, 3.63) is 64.3 Å². The fraction of sp³-hybridized carbons (Fsp3) is 0.250. The number of methoxy groups -OCH3 is 1. The molecule has 0 aliphatic heterocycles. The summed E-state index contributed by atoms with van der Waals surface area (Å²) in [7, 11) is 1.60. The van der Waals surface area contributed by atoms with E-state index in [1.807, 2.05) is 54.0 Å². The summed E-state index contributed by atoms with van der Waals surface area (Å²) in [5.74, 6) is -0.221. The molecule has 0 atom stereocenters. The Morgan fingerprint density at radius 3 is 2.69 bits per heavy atom. The predicted molar refractivity (Wildman–Crippen MR) is 103 cm³/mol. The minimum atomic E-state index is -0.929. The highest BCUT2D eigenvalue weighted by Gasteiger charge is 2.21. The topological polar surface area (TPSA) is 63.5 Å². The number of ether oxygens (including phenoxy) is 1. The first-order chi connectivity index (χ1) is 12.5. The Labute approximate surface area is 157 Å². The third kappa shape index (κ3) is 3.54. The standard InChI is InChI=1S/C20H21ClN2O3/c1-3-23-18-10-15(26-2)7-8-16(18)17(19(23)20(24)25)12-22-11-13-5-4-6-14(21)9-13/h4-10,22H,3,11-12H2,1-2H3,(H,24,25). The van der Waals surface area contributed by atoms with Crippen molar-refractivity contribution in [1.82, 2.24) is 9.88 Å². The number of carboxylic acids is 1. The van der Waals surface area contributed by atoms with Crippen LogP contribution >= 0.6 is 11.6 Å². The average molecular weight is 373 g/mol. The SMILES string of the molecule is CCn1c(C(=O)O)c(CNCc2cccc(Cl)c2)c2ccc(OC)cc21. The van der Waals surface area contributed by atoms with Crippen LogP contribution in [0, 0.1) is 0 Å². The largest absolute Gasteiger partial charge is 0.497 e. The van der Waals surface area contributed by atoms with Crippen LogP contribution in [0.3, 0.4) is 0 Å². The summed E-state index contributed by atoms with van der Waals surface area (Å²) in [6, 6.07) is 13.3. The number of aryl methyl sites for hydroxylation is 1. The maximum absolute atomic E-state index is 11.9. The van der Waals surface area contributed by atoms with E-state index in [-0.39, 0.29) is 0 Å². The molecule has 0 bridgehead atoms. The minimum absolute atomic E-state index is 0.314. The molecule has 0 radical (unpaired) electrons. The quantitative estimate of drug-likeness (QED) is 0.648. The van der Waals surface area contributed by atoms with Crippen LogP contribution in [0.1, 0.15) is 28.5 Å². The van der Waals surface area contributed by atoms with Gasteiger partial charge in [-0.1, -0.05) is 23.7 Å². The molecule has 0 aliphatic rings. The highest BCUT2D eigenvalue weighted by molar-refractivity contribution is 6.30. The number of benzene rings is 2. The molecule has 136 valence electrons. The molecule has 0 aliphatic carbocycles. The molecular weight excluding hydrogens is 352 g/mol. The van der Waals surface area contributed by atoms with Crippen molar-refractivity contribution >= 4 is 28.5 Å². The molecule has 0 fully saturated rings. The Bertz CT molecular complexity index is 950. The van der Waals surface area contributed by atoms with Crippen molar-refractivity contribution in [2.75, 3.05) is 7.11 Å². The number of nitrogens with zero attached hydrogens (tertiary/aromatic N) is 1. The number of carbonyl (C=O) groups is 1. The number of halogens is 1. The number of fused-ring (bicyclic) bond motifs is 1. The van der Waals surface area contributed by atoms with Crippen molar-refractivity contribution in [3.8, 4) is 5.75 Å². The van der Waals surface area contributed by atoms with Gasteiger partial charge >= 0.3 is 5.97 Å². The van der Waals surface area contributed by atoms with E-state index in [0.717, 1.165) is 22.0 Å². The van der Waals surface area contributed by atoms with Gasteiger partial charge in [0.25, 0.3) is 0 Å². The van der Waals surface area contributed by atoms with Crippen LogP contribution in [0.4, 0.5) is 0 Å². The zero-order chi connectivity index (χ0) is 18.7. The fourth-order valence-corrected chi connectivity index (χ4v) is 3.47. The fourth-order valence-electron chi connectivity index (χ4n) is 3.26. The van der Waals surface area contributed by atoms with Gasteiger partial charge in [-0.05, 0) is 36.8 Å². The summed E-state index contributed by atoms with van der Waals surface area (Å²) >= 11 is 6.02. The van der Waals surface area contributed by atoms with E-state index >= 15 is 0 Å². The summed E-state index contributed by atoms with van der Waals surface area (Å²) in [5, 5.41) is 14.7. The molecule has 0 saturated heterocycles. The highest BCUT2D eigenvalue weighted by Crippen LogP contribution is 2.30. The lowest BCUT2D eigenvalue weighted by molar-refractivity contribution is 0.0684. The number of carboxylic acid groups (broad SMARTS) is 1. The van der Waals surface area contributed by atoms with E-state index in [4.69, 9.17) is 16.3 Å². The van der Waals surface area contributed by atoms with Gasteiger partial charge in [-0.3, -0.25) is 0 Å². The van der Waals surface area contributed by atoms with Crippen molar-refractivity contribution in [1.29, 1.82) is 0 Å². The molecule has 2 N–H and O–H groups in total. The Hall–Kier alpha value is -2.50. The van der Waals surface area contributed by atoms with Crippen molar-refractivity contribution in [3.63, 3.8) is 0 Å². The molecule has 3 rings (SSSR count). The predicted octanol–water partition coefficient (Wildman–Crippen LogP) is 4.31. The van der Waals surface area contributed by atoms with Crippen LogP contribution in [0.15, 0.2) is 42.5 Å². The van der Waals surface area contributed by atoms with Gasteiger partial charge in [-0.25, -0.2) is 4.79 Å². The number of hydrogen-bond donors (Lipinski definition) is 2. The van der Waals surface area contributed by atoms with Crippen molar-refractivity contribution < 1.29 is 14.6 Å². The van der Waals surface area contributed by atoms with E-state index in [0.29, 0.717) is 36.1 Å². The Balaban J connectivity index is 1.95. The first-order valence-corrected chi connectivity index (χ1v) is 8.80. The second kappa shape index (κ2) is 7.81. The van der Waals surface area contributed by atoms with Crippen molar-refractivity contribution in [2.45, 2.75) is 26.6 Å². The molecule has 0 amide bonds. The Morgan fingerprint density at radius 2 is 2.04 bits per heavy atom.